The summed E-state index contributed by atoms with van der Waals surface area (Å²) in [7, 11) is 0. The maximum Gasteiger partial charge on any atom is 0.329 e. The molecule has 0 spiro atoms. The lowest BCUT2D eigenvalue weighted by Gasteiger charge is -2.10. The molecule has 0 aliphatic rings. The van der Waals surface area contributed by atoms with Crippen LogP contribution in [0, 0.1) is 13.8 Å². The lowest BCUT2D eigenvalue weighted by Crippen LogP contribution is -2.32. The Bertz CT molecular complexity index is 1120. The SMILES string of the molecule is Cc1cc(/C=N\NC(=O)C(=O)Nc2ccc(Br)cc2)c(C)n1-c1cc(Cl)cc(Cl)c1. The summed E-state index contributed by atoms with van der Waals surface area (Å²) < 4.78 is 2.84. The number of hydrogen-bond acceptors (Lipinski definition) is 3. The molecule has 154 valence electrons. The van der Waals surface area contributed by atoms with Crippen LogP contribution >= 0.6 is 39.1 Å². The highest BCUT2D eigenvalue weighted by atomic mass is 79.9. The molecule has 1 heterocycles. The van der Waals surface area contributed by atoms with Crippen molar-refractivity contribution in [3.05, 3.63) is 80.0 Å². The lowest BCUT2D eigenvalue weighted by molar-refractivity contribution is -0.136. The summed E-state index contributed by atoms with van der Waals surface area (Å²) in [4.78, 5) is 24.0. The number of halogens is 3. The Labute approximate surface area is 192 Å². The fraction of sp³-hybridized carbons (Fsp3) is 0.0952. The highest BCUT2D eigenvalue weighted by molar-refractivity contribution is 9.10. The van der Waals surface area contributed by atoms with Crippen LogP contribution in [0.25, 0.3) is 5.69 Å². The number of carbonyl (C=O) groups is 2. The van der Waals surface area contributed by atoms with E-state index in [2.05, 4.69) is 31.8 Å². The molecular formula is C21H17BrCl2N4O2. The van der Waals surface area contributed by atoms with E-state index in [1.54, 1.807) is 30.3 Å². The highest BCUT2D eigenvalue weighted by Crippen LogP contribution is 2.26. The van der Waals surface area contributed by atoms with Crippen LogP contribution < -0.4 is 10.7 Å². The second-order valence-electron chi connectivity index (χ2n) is 6.45. The molecule has 6 nitrogen and oxygen atoms in total. The molecule has 2 amide bonds. The van der Waals surface area contributed by atoms with Gasteiger partial charge in [0.1, 0.15) is 0 Å². The Hall–Kier alpha value is -2.61. The van der Waals surface area contributed by atoms with Gasteiger partial charge in [-0.05, 0) is 62.4 Å². The largest absolute Gasteiger partial charge is 0.329 e. The van der Waals surface area contributed by atoms with Gasteiger partial charge in [0.15, 0.2) is 0 Å². The fourth-order valence-corrected chi connectivity index (χ4v) is 3.70. The van der Waals surface area contributed by atoms with Gasteiger partial charge in [-0.3, -0.25) is 9.59 Å². The number of benzene rings is 2. The van der Waals surface area contributed by atoms with E-state index < -0.39 is 11.8 Å². The summed E-state index contributed by atoms with van der Waals surface area (Å²) in [5.74, 6) is -1.68. The summed E-state index contributed by atoms with van der Waals surface area (Å²) in [5, 5.41) is 7.47. The van der Waals surface area contributed by atoms with E-state index in [-0.39, 0.29) is 0 Å². The van der Waals surface area contributed by atoms with Gasteiger partial charge >= 0.3 is 11.8 Å². The molecule has 2 aromatic carbocycles. The van der Waals surface area contributed by atoms with Gasteiger partial charge in [-0.25, -0.2) is 5.43 Å². The Morgan fingerprint density at radius 2 is 1.63 bits per heavy atom. The van der Waals surface area contributed by atoms with Gasteiger partial charge < -0.3 is 9.88 Å². The van der Waals surface area contributed by atoms with E-state index in [1.807, 2.05) is 36.6 Å². The Balaban J connectivity index is 1.69. The zero-order chi connectivity index (χ0) is 21.8. The van der Waals surface area contributed by atoms with Gasteiger partial charge in [0.05, 0.1) is 6.21 Å². The third-order valence-electron chi connectivity index (χ3n) is 4.25. The average Bonchev–Trinajstić information content (AvgIpc) is 2.96. The molecule has 1 aromatic heterocycles. The Morgan fingerprint density at radius 1 is 1.00 bits per heavy atom. The van der Waals surface area contributed by atoms with Crippen LogP contribution in [0.1, 0.15) is 17.0 Å². The van der Waals surface area contributed by atoms with Gasteiger partial charge in [0.2, 0.25) is 0 Å². The third kappa shape index (κ3) is 5.30. The normalized spacial score (nSPS) is 11.0. The zero-order valence-corrected chi connectivity index (χ0v) is 19.1. The van der Waals surface area contributed by atoms with Crippen molar-refractivity contribution in [2.24, 2.45) is 5.10 Å². The number of nitrogens with one attached hydrogen (secondary N) is 2. The van der Waals surface area contributed by atoms with Crippen molar-refractivity contribution in [1.82, 2.24) is 9.99 Å². The topological polar surface area (TPSA) is 75.5 Å². The lowest BCUT2D eigenvalue weighted by atomic mass is 10.2. The summed E-state index contributed by atoms with van der Waals surface area (Å²) in [6, 6.07) is 14.1. The van der Waals surface area contributed by atoms with Crippen LogP contribution in [-0.2, 0) is 9.59 Å². The van der Waals surface area contributed by atoms with E-state index in [4.69, 9.17) is 23.2 Å². The number of nitrogens with zero attached hydrogens (tertiary/aromatic N) is 2. The first-order valence-corrected chi connectivity index (χ1v) is 10.3. The molecule has 3 aromatic rings. The molecule has 0 bridgehead atoms. The summed E-state index contributed by atoms with van der Waals surface area (Å²) in [6.07, 6.45) is 1.48. The maximum absolute atomic E-state index is 12.0. The standard InChI is InChI=1S/C21H17BrCl2N4O2/c1-12-7-14(13(2)28(12)19-9-16(23)8-17(24)10-19)11-25-27-21(30)20(29)26-18-5-3-15(22)4-6-18/h3-11H,1-2H3,(H,26,29)(H,27,30)/b25-11-. The summed E-state index contributed by atoms with van der Waals surface area (Å²) in [5.41, 5.74) is 6.15. The van der Waals surface area contributed by atoms with Crippen LogP contribution in [-0.4, -0.2) is 22.6 Å². The van der Waals surface area contributed by atoms with Crippen molar-refractivity contribution in [1.29, 1.82) is 0 Å². The minimum atomic E-state index is -0.871. The third-order valence-corrected chi connectivity index (χ3v) is 5.22. The molecule has 0 fully saturated rings. The van der Waals surface area contributed by atoms with Crippen LogP contribution in [0.4, 0.5) is 5.69 Å². The van der Waals surface area contributed by atoms with Crippen LogP contribution in [0.5, 0.6) is 0 Å². The summed E-state index contributed by atoms with van der Waals surface area (Å²) in [6.45, 7) is 3.84. The van der Waals surface area contributed by atoms with Crippen molar-refractivity contribution < 1.29 is 9.59 Å². The zero-order valence-electron chi connectivity index (χ0n) is 16.0. The van der Waals surface area contributed by atoms with Crippen molar-refractivity contribution >= 4 is 62.8 Å². The number of amides is 2. The van der Waals surface area contributed by atoms with E-state index in [0.717, 1.165) is 27.1 Å². The van der Waals surface area contributed by atoms with E-state index in [0.29, 0.717) is 15.7 Å². The van der Waals surface area contributed by atoms with Crippen LogP contribution in [0.2, 0.25) is 10.0 Å². The monoisotopic (exact) mass is 506 g/mol. The van der Waals surface area contributed by atoms with Crippen molar-refractivity contribution in [2.45, 2.75) is 13.8 Å². The molecule has 0 saturated carbocycles. The molecule has 3 rings (SSSR count). The minimum Gasteiger partial charge on any atom is -0.318 e. The first kappa shape index (κ1) is 22.1. The highest BCUT2D eigenvalue weighted by Gasteiger charge is 2.14. The number of aromatic nitrogens is 1. The summed E-state index contributed by atoms with van der Waals surface area (Å²) >= 11 is 15.5. The number of anilines is 1. The van der Waals surface area contributed by atoms with Crippen molar-refractivity contribution in [2.75, 3.05) is 5.32 Å². The Kier molecular flexibility index (Phi) is 6.97. The number of hydrogen-bond donors (Lipinski definition) is 2. The fourth-order valence-electron chi connectivity index (χ4n) is 2.92. The molecule has 9 heteroatoms. The number of carbonyl (C=O) groups excluding carboxylic acids is 2. The quantitative estimate of drug-likeness (QED) is 0.287. The molecule has 0 saturated heterocycles. The predicted molar refractivity (Wildman–Crippen MR) is 124 cm³/mol. The second kappa shape index (κ2) is 9.47. The molecule has 0 atom stereocenters. The number of rotatable bonds is 4. The molecular weight excluding hydrogens is 491 g/mol. The number of hydrazone groups is 1. The first-order chi connectivity index (χ1) is 14.2. The van der Waals surface area contributed by atoms with E-state index in [1.165, 1.54) is 6.21 Å². The minimum absolute atomic E-state index is 0.506. The molecule has 0 unspecified atom stereocenters. The van der Waals surface area contributed by atoms with Crippen LogP contribution in [0.3, 0.4) is 0 Å². The van der Waals surface area contributed by atoms with E-state index in [9.17, 15) is 9.59 Å². The molecule has 0 aliphatic carbocycles. The van der Waals surface area contributed by atoms with Crippen molar-refractivity contribution in [3.8, 4) is 5.69 Å². The maximum atomic E-state index is 12.0. The molecule has 0 aliphatic heterocycles. The first-order valence-electron chi connectivity index (χ1n) is 8.80. The van der Waals surface area contributed by atoms with Crippen molar-refractivity contribution in [3.63, 3.8) is 0 Å². The second-order valence-corrected chi connectivity index (χ2v) is 8.24. The smallest absolute Gasteiger partial charge is 0.318 e. The van der Waals surface area contributed by atoms with Gasteiger partial charge in [0, 0.05) is 42.8 Å². The van der Waals surface area contributed by atoms with Gasteiger partial charge in [0.25, 0.3) is 0 Å². The van der Waals surface area contributed by atoms with Crippen LogP contribution in [0.15, 0.2) is 58.1 Å². The number of aryl methyl sites for hydroxylation is 1. The van der Waals surface area contributed by atoms with Gasteiger partial charge in [-0.15, -0.1) is 0 Å². The predicted octanol–water partition coefficient (Wildman–Crippen LogP) is 5.25. The molecule has 0 radical (unpaired) electrons. The Morgan fingerprint density at radius 3 is 2.27 bits per heavy atom. The molecule has 30 heavy (non-hydrogen) atoms. The average molecular weight is 508 g/mol. The van der Waals surface area contributed by atoms with E-state index >= 15 is 0 Å². The van der Waals surface area contributed by atoms with Gasteiger partial charge in [-0.1, -0.05) is 39.1 Å². The van der Waals surface area contributed by atoms with Gasteiger partial charge in [-0.2, -0.15) is 5.10 Å². The molecule has 2 N–H and O–H groups in total.